The molecule has 1 atom stereocenters. The first-order valence-corrected chi connectivity index (χ1v) is 9.16. The van der Waals surface area contributed by atoms with E-state index in [-0.39, 0.29) is 43.7 Å². The van der Waals surface area contributed by atoms with E-state index in [1.54, 1.807) is 24.0 Å². The lowest BCUT2D eigenvalue weighted by atomic mass is 9.75. The van der Waals surface area contributed by atoms with E-state index < -0.39 is 11.4 Å². The number of benzene rings is 1. The fourth-order valence-corrected chi connectivity index (χ4v) is 3.47. The van der Waals surface area contributed by atoms with Crippen molar-refractivity contribution >= 4 is 17.8 Å². The molecule has 1 aliphatic heterocycles. The van der Waals surface area contributed by atoms with Crippen molar-refractivity contribution in [1.29, 1.82) is 0 Å². The molecule has 0 aromatic heterocycles. The van der Waals surface area contributed by atoms with Crippen LogP contribution in [0.15, 0.2) is 24.3 Å². The molecule has 1 saturated heterocycles. The third kappa shape index (κ3) is 5.52. The molecular weight excluding hydrogens is 353 g/mol. The van der Waals surface area contributed by atoms with Crippen molar-refractivity contribution < 1.29 is 28.2 Å². The van der Waals surface area contributed by atoms with E-state index in [1.807, 2.05) is 0 Å². The monoisotopic (exact) mass is 379 g/mol. The number of hydrogen-bond donors (Lipinski definition) is 0. The Balaban J connectivity index is 2.16. The fourth-order valence-electron chi connectivity index (χ4n) is 3.47. The van der Waals surface area contributed by atoms with Crippen molar-refractivity contribution in [3.05, 3.63) is 35.6 Å². The van der Waals surface area contributed by atoms with Crippen molar-refractivity contribution in [2.45, 2.75) is 39.0 Å². The van der Waals surface area contributed by atoms with Crippen LogP contribution in [0.25, 0.3) is 0 Å². The van der Waals surface area contributed by atoms with Gasteiger partial charge in [0.1, 0.15) is 5.82 Å². The first kappa shape index (κ1) is 20.9. The van der Waals surface area contributed by atoms with Crippen LogP contribution in [0.5, 0.6) is 0 Å². The second-order valence-electron chi connectivity index (χ2n) is 6.80. The minimum absolute atomic E-state index is 0.0101. The number of rotatable bonds is 7. The molecule has 0 N–H and O–H groups in total. The van der Waals surface area contributed by atoms with Crippen LogP contribution in [-0.4, -0.2) is 49.6 Å². The van der Waals surface area contributed by atoms with Crippen LogP contribution in [-0.2, 0) is 30.3 Å². The summed E-state index contributed by atoms with van der Waals surface area (Å²) >= 11 is 0. The predicted octanol–water partition coefficient (Wildman–Crippen LogP) is 2.49. The molecular formula is C20H26FNO5. The fraction of sp³-hybridized carbons (Fsp3) is 0.550. The number of hydrogen-bond acceptors (Lipinski definition) is 5. The van der Waals surface area contributed by atoms with E-state index in [1.165, 1.54) is 19.2 Å². The molecule has 27 heavy (non-hydrogen) atoms. The maximum Gasteiger partial charge on any atom is 0.314 e. The number of ether oxygens (including phenoxy) is 2. The highest BCUT2D eigenvalue weighted by Crippen LogP contribution is 2.35. The zero-order valence-corrected chi connectivity index (χ0v) is 15.8. The molecule has 7 heteroatoms. The Morgan fingerprint density at radius 2 is 1.89 bits per heavy atom. The predicted molar refractivity (Wildman–Crippen MR) is 96.2 cm³/mol. The van der Waals surface area contributed by atoms with Crippen LogP contribution >= 0.6 is 0 Å². The standard InChI is InChI=1S/C20H26FNO5/c1-3-27-19(25)20(13-15-5-7-16(21)8-6-15)11-4-12-22(14-20)17(23)9-10-18(24)26-2/h5-8H,3-4,9-14H2,1-2H3/t20-/m0/s1. The molecule has 0 aliphatic carbocycles. The SMILES string of the molecule is CCOC(=O)[C@]1(Cc2ccc(F)cc2)CCCN(C(=O)CCC(=O)OC)C1. The highest BCUT2D eigenvalue weighted by atomic mass is 19.1. The molecule has 1 amide bonds. The summed E-state index contributed by atoms with van der Waals surface area (Å²) in [6.45, 7) is 2.75. The van der Waals surface area contributed by atoms with Crippen LogP contribution in [0, 0.1) is 11.2 Å². The lowest BCUT2D eigenvalue weighted by Gasteiger charge is -2.41. The quantitative estimate of drug-likeness (QED) is 0.681. The van der Waals surface area contributed by atoms with Gasteiger partial charge >= 0.3 is 11.9 Å². The first-order valence-electron chi connectivity index (χ1n) is 9.16. The molecule has 6 nitrogen and oxygen atoms in total. The molecule has 0 radical (unpaired) electrons. The van der Waals surface area contributed by atoms with Crippen LogP contribution in [0.4, 0.5) is 4.39 Å². The third-order valence-corrected chi connectivity index (χ3v) is 4.86. The van der Waals surface area contributed by atoms with E-state index in [0.29, 0.717) is 25.8 Å². The van der Waals surface area contributed by atoms with Gasteiger partial charge in [-0.2, -0.15) is 0 Å². The maximum atomic E-state index is 13.2. The molecule has 2 rings (SSSR count). The van der Waals surface area contributed by atoms with Gasteiger partial charge in [-0.25, -0.2) is 4.39 Å². The maximum absolute atomic E-state index is 13.2. The van der Waals surface area contributed by atoms with Crippen LogP contribution in [0.1, 0.15) is 38.2 Å². The van der Waals surface area contributed by atoms with Crippen molar-refractivity contribution in [2.24, 2.45) is 5.41 Å². The highest BCUT2D eigenvalue weighted by molar-refractivity contribution is 5.83. The average molecular weight is 379 g/mol. The molecule has 1 fully saturated rings. The number of methoxy groups -OCH3 is 1. The molecule has 1 aromatic carbocycles. The number of halogens is 1. The lowest BCUT2D eigenvalue weighted by molar-refractivity contribution is -0.161. The van der Waals surface area contributed by atoms with Gasteiger partial charge < -0.3 is 14.4 Å². The smallest absolute Gasteiger partial charge is 0.314 e. The number of nitrogens with zero attached hydrogens (tertiary/aromatic N) is 1. The van der Waals surface area contributed by atoms with Gasteiger partial charge in [0.05, 0.1) is 25.6 Å². The van der Waals surface area contributed by atoms with E-state index in [2.05, 4.69) is 4.74 Å². The summed E-state index contributed by atoms with van der Waals surface area (Å²) < 4.78 is 23.1. The summed E-state index contributed by atoms with van der Waals surface area (Å²) in [5.74, 6) is -1.32. The molecule has 1 heterocycles. The average Bonchev–Trinajstić information content (AvgIpc) is 2.68. The molecule has 1 aromatic rings. The van der Waals surface area contributed by atoms with Gasteiger partial charge in [-0.05, 0) is 43.9 Å². The van der Waals surface area contributed by atoms with Gasteiger partial charge in [0.15, 0.2) is 0 Å². The number of piperidine rings is 1. The molecule has 0 spiro atoms. The first-order chi connectivity index (χ1) is 12.9. The van der Waals surface area contributed by atoms with Crippen molar-refractivity contribution in [3.63, 3.8) is 0 Å². The van der Waals surface area contributed by atoms with E-state index in [4.69, 9.17) is 4.74 Å². The summed E-state index contributed by atoms with van der Waals surface area (Å²) in [4.78, 5) is 38.2. The summed E-state index contributed by atoms with van der Waals surface area (Å²) in [6.07, 6.45) is 1.67. The number of esters is 2. The van der Waals surface area contributed by atoms with E-state index >= 15 is 0 Å². The largest absolute Gasteiger partial charge is 0.469 e. The Labute approximate surface area is 158 Å². The van der Waals surface area contributed by atoms with Gasteiger partial charge in [-0.1, -0.05) is 12.1 Å². The number of carbonyl (C=O) groups is 3. The van der Waals surface area contributed by atoms with Crippen LogP contribution < -0.4 is 0 Å². The van der Waals surface area contributed by atoms with Gasteiger partial charge in [-0.15, -0.1) is 0 Å². The number of amides is 1. The Morgan fingerprint density at radius 1 is 1.19 bits per heavy atom. The zero-order chi connectivity index (χ0) is 19.9. The number of carbonyl (C=O) groups excluding carboxylic acids is 3. The van der Waals surface area contributed by atoms with E-state index in [9.17, 15) is 18.8 Å². The Bertz CT molecular complexity index is 675. The minimum atomic E-state index is -0.868. The van der Waals surface area contributed by atoms with Gasteiger partial charge in [0.2, 0.25) is 5.91 Å². The Kier molecular flexibility index (Phi) is 7.33. The summed E-state index contributed by atoms with van der Waals surface area (Å²) in [6, 6.07) is 6.01. The molecule has 148 valence electrons. The molecule has 0 saturated carbocycles. The second kappa shape index (κ2) is 9.48. The summed E-state index contributed by atoms with van der Waals surface area (Å²) in [5, 5.41) is 0. The Hall–Kier alpha value is -2.44. The van der Waals surface area contributed by atoms with Crippen LogP contribution in [0.3, 0.4) is 0 Å². The minimum Gasteiger partial charge on any atom is -0.469 e. The van der Waals surface area contributed by atoms with Crippen LogP contribution in [0.2, 0.25) is 0 Å². The molecule has 0 bridgehead atoms. The third-order valence-electron chi connectivity index (χ3n) is 4.86. The highest BCUT2D eigenvalue weighted by Gasteiger charge is 2.44. The molecule has 1 aliphatic rings. The lowest BCUT2D eigenvalue weighted by Crippen LogP contribution is -2.51. The van der Waals surface area contributed by atoms with Gasteiger partial charge in [0.25, 0.3) is 0 Å². The van der Waals surface area contributed by atoms with E-state index in [0.717, 1.165) is 5.56 Å². The van der Waals surface area contributed by atoms with Crippen molar-refractivity contribution in [2.75, 3.05) is 26.8 Å². The number of likely N-dealkylation sites (tertiary alicyclic amines) is 1. The van der Waals surface area contributed by atoms with Gasteiger partial charge in [-0.3, -0.25) is 14.4 Å². The topological polar surface area (TPSA) is 72.9 Å². The summed E-state index contributed by atoms with van der Waals surface area (Å²) in [5.41, 5.74) is -0.0548. The normalized spacial score (nSPS) is 19.4. The van der Waals surface area contributed by atoms with Crippen molar-refractivity contribution in [1.82, 2.24) is 4.90 Å². The zero-order valence-electron chi connectivity index (χ0n) is 15.8. The van der Waals surface area contributed by atoms with Gasteiger partial charge in [0, 0.05) is 19.5 Å². The Morgan fingerprint density at radius 3 is 2.52 bits per heavy atom. The second-order valence-corrected chi connectivity index (χ2v) is 6.80. The molecule has 0 unspecified atom stereocenters. The summed E-state index contributed by atoms with van der Waals surface area (Å²) in [7, 11) is 1.28. The van der Waals surface area contributed by atoms with Crippen molar-refractivity contribution in [3.8, 4) is 0 Å².